The smallest absolute Gasteiger partial charge is 0.291 e. The minimum atomic E-state index is -0.214. The first-order valence-corrected chi connectivity index (χ1v) is 15.2. The van der Waals surface area contributed by atoms with Crippen LogP contribution in [0.2, 0.25) is 0 Å². The molecule has 43 heavy (non-hydrogen) atoms. The van der Waals surface area contributed by atoms with Gasteiger partial charge in [-0.15, -0.1) is 5.10 Å². The quantitative estimate of drug-likeness (QED) is 0.185. The Bertz CT molecular complexity index is 1970. The fourth-order valence-electron chi connectivity index (χ4n) is 4.66. The number of nitrogens with zero attached hydrogens (tertiary/aromatic N) is 5. The second kappa shape index (κ2) is 12.2. The number of ether oxygens (including phenoxy) is 2. The molecule has 0 spiro atoms. The molecule has 6 aromatic rings. The average Bonchev–Trinajstić information content (AvgIpc) is 3.71. The Morgan fingerprint density at radius 2 is 1.72 bits per heavy atom. The van der Waals surface area contributed by atoms with E-state index in [4.69, 9.17) is 14.6 Å². The van der Waals surface area contributed by atoms with Gasteiger partial charge in [-0.3, -0.25) is 4.79 Å². The summed E-state index contributed by atoms with van der Waals surface area (Å²) in [7, 11) is 0. The third kappa shape index (κ3) is 6.08. The Labute approximate surface area is 253 Å². The number of aryl methyl sites for hydroxylation is 1. The minimum Gasteiger partial charge on any atom is -0.494 e. The lowest BCUT2D eigenvalue weighted by Crippen LogP contribution is -2.23. The van der Waals surface area contributed by atoms with Crippen molar-refractivity contribution in [3.63, 3.8) is 0 Å². The third-order valence-corrected chi connectivity index (χ3v) is 7.80. The highest BCUT2D eigenvalue weighted by Crippen LogP contribution is 2.29. The molecule has 0 bridgehead atoms. The van der Waals surface area contributed by atoms with E-state index in [1.807, 2.05) is 90.6 Å². The summed E-state index contributed by atoms with van der Waals surface area (Å²) < 4.78 is 15.4. The van der Waals surface area contributed by atoms with Gasteiger partial charge in [-0.2, -0.15) is 14.6 Å². The highest BCUT2D eigenvalue weighted by molar-refractivity contribution is 7.15. The van der Waals surface area contributed by atoms with Gasteiger partial charge >= 0.3 is 0 Å². The maximum absolute atomic E-state index is 13.5. The number of benzene rings is 3. The van der Waals surface area contributed by atoms with Crippen LogP contribution in [0, 0.1) is 12.8 Å². The SMILES string of the molecule is CCCOc1ccc(-c2nc3sc(=Cc4cn(-c5ccccc5)nc4-c4ccc(OCC(C)C)c(C)c4)c(=O)n3n2)cc1. The molecule has 0 atom stereocenters. The predicted octanol–water partition coefficient (Wildman–Crippen LogP) is 6.35. The molecule has 0 amide bonds. The molecule has 0 aliphatic carbocycles. The number of para-hydroxylation sites is 1. The number of aromatic nitrogens is 5. The van der Waals surface area contributed by atoms with Crippen LogP contribution in [0.1, 0.15) is 38.3 Å². The van der Waals surface area contributed by atoms with Gasteiger partial charge in [0.1, 0.15) is 17.2 Å². The van der Waals surface area contributed by atoms with E-state index >= 15 is 0 Å². The van der Waals surface area contributed by atoms with Gasteiger partial charge in [-0.1, -0.05) is 50.3 Å². The lowest BCUT2D eigenvalue weighted by atomic mass is 10.0. The van der Waals surface area contributed by atoms with Crippen molar-refractivity contribution in [2.75, 3.05) is 13.2 Å². The predicted molar refractivity (Wildman–Crippen MR) is 171 cm³/mol. The zero-order valence-corrected chi connectivity index (χ0v) is 25.5. The molecule has 3 heterocycles. The number of rotatable bonds is 10. The largest absolute Gasteiger partial charge is 0.494 e. The minimum absolute atomic E-state index is 0.214. The first-order chi connectivity index (χ1) is 20.9. The molecule has 6 rings (SSSR count). The monoisotopic (exact) mass is 591 g/mol. The van der Waals surface area contributed by atoms with Crippen molar-refractivity contribution in [3.05, 3.63) is 105 Å². The summed E-state index contributed by atoms with van der Waals surface area (Å²) in [5, 5.41) is 9.47. The Morgan fingerprint density at radius 1 is 0.953 bits per heavy atom. The molecule has 0 aliphatic rings. The van der Waals surface area contributed by atoms with E-state index < -0.39 is 0 Å². The van der Waals surface area contributed by atoms with Crippen molar-refractivity contribution in [1.29, 1.82) is 0 Å². The van der Waals surface area contributed by atoms with Gasteiger partial charge in [0.15, 0.2) is 5.82 Å². The Balaban J connectivity index is 1.38. The van der Waals surface area contributed by atoms with Crippen molar-refractivity contribution in [2.24, 2.45) is 5.92 Å². The zero-order chi connectivity index (χ0) is 29.9. The van der Waals surface area contributed by atoms with Crippen molar-refractivity contribution in [2.45, 2.75) is 34.1 Å². The molecule has 0 fully saturated rings. The lowest BCUT2D eigenvalue weighted by Gasteiger charge is -2.12. The highest BCUT2D eigenvalue weighted by atomic mass is 32.1. The second-order valence-electron chi connectivity index (χ2n) is 10.8. The van der Waals surface area contributed by atoms with E-state index in [-0.39, 0.29) is 5.56 Å². The van der Waals surface area contributed by atoms with Crippen LogP contribution in [0.4, 0.5) is 0 Å². The van der Waals surface area contributed by atoms with Crippen molar-refractivity contribution >= 4 is 22.4 Å². The van der Waals surface area contributed by atoms with Crippen LogP contribution < -0.4 is 19.6 Å². The first kappa shape index (κ1) is 28.4. The topological polar surface area (TPSA) is 83.5 Å². The maximum atomic E-state index is 13.5. The molecule has 9 heteroatoms. The molecule has 0 unspecified atom stereocenters. The summed E-state index contributed by atoms with van der Waals surface area (Å²) in [6.07, 6.45) is 4.77. The summed E-state index contributed by atoms with van der Waals surface area (Å²) in [4.78, 5) is 18.7. The van der Waals surface area contributed by atoms with Crippen LogP contribution in [0.5, 0.6) is 11.5 Å². The Morgan fingerprint density at radius 3 is 2.42 bits per heavy atom. The molecule has 3 aromatic heterocycles. The first-order valence-electron chi connectivity index (χ1n) is 14.4. The standard InChI is InChI=1S/C34H33N5O3S/c1-5-17-41-28-14-11-24(12-15-28)32-35-34-39(37-32)33(40)30(43-34)19-26-20-38(27-9-7-6-8-10-27)36-31(26)25-13-16-29(23(4)18-25)42-21-22(2)3/h6-16,18-20,22H,5,17,21H2,1-4H3. The second-order valence-corrected chi connectivity index (χ2v) is 11.8. The van der Waals surface area contributed by atoms with E-state index in [1.165, 1.54) is 15.9 Å². The average molecular weight is 592 g/mol. The van der Waals surface area contributed by atoms with Gasteiger partial charge < -0.3 is 9.47 Å². The van der Waals surface area contributed by atoms with Gasteiger partial charge in [0, 0.05) is 22.9 Å². The van der Waals surface area contributed by atoms with Crippen molar-refractivity contribution in [1.82, 2.24) is 24.4 Å². The summed E-state index contributed by atoms with van der Waals surface area (Å²) in [6, 6.07) is 23.6. The molecule has 0 aliphatic heterocycles. The molecule has 3 aromatic carbocycles. The number of thiazole rings is 1. The highest BCUT2D eigenvalue weighted by Gasteiger charge is 2.16. The molecule has 0 radical (unpaired) electrons. The van der Waals surface area contributed by atoms with E-state index in [0.717, 1.165) is 51.6 Å². The lowest BCUT2D eigenvalue weighted by molar-refractivity contribution is 0.269. The summed E-state index contributed by atoms with van der Waals surface area (Å²) in [5.41, 5.74) is 5.10. The van der Waals surface area contributed by atoms with E-state index in [0.29, 0.717) is 34.4 Å². The summed E-state index contributed by atoms with van der Waals surface area (Å²) in [5.74, 6) is 2.60. The zero-order valence-electron chi connectivity index (χ0n) is 24.7. The third-order valence-electron chi connectivity index (χ3n) is 6.84. The number of fused-ring (bicyclic) bond motifs is 1. The molecule has 0 saturated heterocycles. The van der Waals surface area contributed by atoms with Crippen LogP contribution in [-0.4, -0.2) is 37.6 Å². The van der Waals surface area contributed by atoms with Crippen LogP contribution in [-0.2, 0) is 0 Å². The van der Waals surface area contributed by atoms with Crippen LogP contribution in [0.3, 0.4) is 0 Å². The molecule has 8 nitrogen and oxygen atoms in total. The maximum Gasteiger partial charge on any atom is 0.291 e. The number of hydrogen-bond donors (Lipinski definition) is 0. The van der Waals surface area contributed by atoms with Gasteiger partial charge in [0.2, 0.25) is 4.96 Å². The Hall–Kier alpha value is -4.76. The fourth-order valence-corrected chi connectivity index (χ4v) is 5.56. The van der Waals surface area contributed by atoms with Crippen molar-refractivity contribution in [3.8, 4) is 39.8 Å². The number of hydrogen-bond acceptors (Lipinski definition) is 7. The molecular formula is C34H33N5O3S. The molecule has 0 saturated carbocycles. The van der Waals surface area contributed by atoms with Crippen LogP contribution >= 0.6 is 11.3 Å². The van der Waals surface area contributed by atoms with Crippen molar-refractivity contribution < 1.29 is 9.47 Å². The molecule has 0 N–H and O–H groups in total. The molecule has 218 valence electrons. The van der Waals surface area contributed by atoms with Gasteiger partial charge in [-0.05, 0) is 85.5 Å². The summed E-state index contributed by atoms with van der Waals surface area (Å²) in [6.45, 7) is 9.69. The van der Waals surface area contributed by atoms with Gasteiger partial charge in [-0.25, -0.2) is 4.68 Å². The van der Waals surface area contributed by atoms with Crippen LogP contribution in [0.15, 0.2) is 83.8 Å². The normalized spacial score (nSPS) is 12.0. The van der Waals surface area contributed by atoms with Gasteiger partial charge in [0.05, 0.1) is 23.4 Å². The van der Waals surface area contributed by atoms with E-state index in [9.17, 15) is 4.79 Å². The van der Waals surface area contributed by atoms with Crippen LogP contribution in [0.25, 0.3) is 39.4 Å². The summed E-state index contributed by atoms with van der Waals surface area (Å²) >= 11 is 1.31. The van der Waals surface area contributed by atoms with E-state index in [2.05, 4.69) is 36.9 Å². The fraction of sp³-hybridized carbons (Fsp3) is 0.235. The Kier molecular flexibility index (Phi) is 8.07. The van der Waals surface area contributed by atoms with Gasteiger partial charge in [0.25, 0.3) is 5.56 Å². The van der Waals surface area contributed by atoms with E-state index in [1.54, 1.807) is 0 Å². The molecular weight excluding hydrogens is 558 g/mol.